The fourth-order valence-corrected chi connectivity index (χ4v) is 3.11. The van der Waals surface area contributed by atoms with Crippen molar-refractivity contribution >= 4 is 35.0 Å². The van der Waals surface area contributed by atoms with Crippen molar-refractivity contribution in [2.45, 2.75) is 13.3 Å². The smallest absolute Gasteiger partial charge is 0.234 e. The third-order valence-corrected chi connectivity index (χ3v) is 4.56. The first-order valence-electron chi connectivity index (χ1n) is 7.71. The first kappa shape index (κ1) is 18.0. The molecular formula is C16H21Cl2N3O2. The van der Waals surface area contributed by atoms with Crippen molar-refractivity contribution in [3.63, 3.8) is 0 Å². The van der Waals surface area contributed by atoms with Crippen LogP contribution in [0.3, 0.4) is 0 Å². The molecular weight excluding hydrogens is 337 g/mol. The maximum atomic E-state index is 12.4. The molecule has 126 valence electrons. The second-order valence-corrected chi connectivity index (χ2v) is 6.30. The van der Waals surface area contributed by atoms with Crippen molar-refractivity contribution in [2.75, 3.05) is 39.3 Å². The summed E-state index contributed by atoms with van der Waals surface area (Å²) < 4.78 is 0. The van der Waals surface area contributed by atoms with Gasteiger partial charge in [0.1, 0.15) is 0 Å². The summed E-state index contributed by atoms with van der Waals surface area (Å²) in [6, 6.07) is 5.24. The highest BCUT2D eigenvalue weighted by atomic mass is 35.5. The molecule has 1 saturated heterocycles. The molecule has 1 aromatic rings. The average Bonchev–Trinajstić information content (AvgIpc) is 2.52. The first-order valence-corrected chi connectivity index (χ1v) is 8.46. The van der Waals surface area contributed by atoms with E-state index < -0.39 is 0 Å². The zero-order valence-corrected chi connectivity index (χ0v) is 14.7. The molecule has 5 nitrogen and oxygen atoms in total. The maximum Gasteiger partial charge on any atom is 0.234 e. The van der Waals surface area contributed by atoms with Gasteiger partial charge < -0.3 is 10.2 Å². The van der Waals surface area contributed by atoms with Crippen LogP contribution >= 0.6 is 23.2 Å². The molecule has 0 aromatic heterocycles. The molecule has 1 fully saturated rings. The third-order valence-electron chi connectivity index (χ3n) is 3.86. The predicted molar refractivity (Wildman–Crippen MR) is 91.9 cm³/mol. The molecule has 1 heterocycles. The standard InChI is InChI=1S/C16H21Cl2N3O2/c1-2-19-15(22)11-20-6-8-21(9-7-20)16(23)10-12-13(17)4-3-5-14(12)18/h3-5H,2,6-11H2,1H3,(H,19,22). The highest BCUT2D eigenvalue weighted by molar-refractivity contribution is 6.36. The Morgan fingerprint density at radius 2 is 1.74 bits per heavy atom. The van der Waals surface area contributed by atoms with Crippen molar-refractivity contribution in [1.82, 2.24) is 15.1 Å². The van der Waals surface area contributed by atoms with E-state index in [0.717, 1.165) is 0 Å². The van der Waals surface area contributed by atoms with Gasteiger partial charge in [0.25, 0.3) is 0 Å². The van der Waals surface area contributed by atoms with Gasteiger partial charge in [-0.15, -0.1) is 0 Å². The Balaban J connectivity index is 1.85. The normalized spacial score (nSPS) is 15.5. The van der Waals surface area contributed by atoms with Crippen LogP contribution in [0.5, 0.6) is 0 Å². The monoisotopic (exact) mass is 357 g/mol. The van der Waals surface area contributed by atoms with Crippen LogP contribution in [0.4, 0.5) is 0 Å². The Labute approximate surface area is 146 Å². The minimum absolute atomic E-state index is 0.0117. The predicted octanol–water partition coefficient (Wildman–Crippen LogP) is 1.82. The van der Waals surface area contributed by atoms with Crippen LogP contribution in [0.25, 0.3) is 0 Å². The van der Waals surface area contributed by atoms with Crippen LogP contribution in [0.1, 0.15) is 12.5 Å². The lowest BCUT2D eigenvalue weighted by atomic mass is 10.1. The van der Waals surface area contributed by atoms with Gasteiger partial charge in [0, 0.05) is 42.8 Å². The van der Waals surface area contributed by atoms with Crippen LogP contribution in [0.15, 0.2) is 18.2 Å². The van der Waals surface area contributed by atoms with E-state index in [0.29, 0.717) is 54.9 Å². The van der Waals surface area contributed by atoms with E-state index in [1.807, 2.05) is 6.92 Å². The lowest BCUT2D eigenvalue weighted by Crippen LogP contribution is -2.51. The van der Waals surface area contributed by atoms with Crippen LogP contribution in [-0.4, -0.2) is 60.9 Å². The number of carbonyl (C=O) groups is 2. The zero-order chi connectivity index (χ0) is 16.8. The van der Waals surface area contributed by atoms with E-state index in [1.54, 1.807) is 23.1 Å². The van der Waals surface area contributed by atoms with Crippen LogP contribution in [0.2, 0.25) is 10.0 Å². The molecule has 0 bridgehead atoms. The molecule has 1 aromatic carbocycles. The Hall–Kier alpha value is -1.30. The summed E-state index contributed by atoms with van der Waals surface area (Å²) in [6.07, 6.45) is 0.203. The number of nitrogens with zero attached hydrogens (tertiary/aromatic N) is 2. The second-order valence-electron chi connectivity index (χ2n) is 5.49. The summed E-state index contributed by atoms with van der Waals surface area (Å²) in [5, 5.41) is 3.81. The van der Waals surface area contributed by atoms with Gasteiger partial charge in [-0.2, -0.15) is 0 Å². The van der Waals surface area contributed by atoms with Crippen LogP contribution in [-0.2, 0) is 16.0 Å². The number of hydrogen-bond acceptors (Lipinski definition) is 3. The largest absolute Gasteiger partial charge is 0.355 e. The Morgan fingerprint density at radius 1 is 1.13 bits per heavy atom. The molecule has 0 atom stereocenters. The lowest BCUT2D eigenvalue weighted by Gasteiger charge is -2.34. The molecule has 0 unspecified atom stereocenters. The molecule has 1 aliphatic rings. The van der Waals surface area contributed by atoms with Gasteiger partial charge in [-0.25, -0.2) is 0 Å². The summed E-state index contributed by atoms with van der Waals surface area (Å²) in [7, 11) is 0. The molecule has 2 rings (SSSR count). The summed E-state index contributed by atoms with van der Waals surface area (Å²) >= 11 is 12.2. The third kappa shape index (κ3) is 5.09. The number of nitrogens with one attached hydrogen (secondary N) is 1. The van der Waals surface area contributed by atoms with Crippen molar-refractivity contribution in [2.24, 2.45) is 0 Å². The van der Waals surface area contributed by atoms with Gasteiger partial charge in [0.2, 0.25) is 11.8 Å². The number of amides is 2. The molecule has 0 radical (unpaired) electrons. The van der Waals surface area contributed by atoms with Gasteiger partial charge in [-0.05, 0) is 24.6 Å². The number of hydrogen-bond donors (Lipinski definition) is 1. The number of halogens is 2. The summed E-state index contributed by atoms with van der Waals surface area (Å²) in [5.74, 6) is 0.0350. The van der Waals surface area contributed by atoms with Gasteiger partial charge in [-0.1, -0.05) is 29.3 Å². The lowest BCUT2D eigenvalue weighted by molar-refractivity contribution is -0.132. The van der Waals surface area contributed by atoms with Crippen molar-refractivity contribution in [3.8, 4) is 0 Å². The van der Waals surface area contributed by atoms with E-state index in [9.17, 15) is 9.59 Å². The quantitative estimate of drug-likeness (QED) is 0.874. The summed E-state index contributed by atoms with van der Waals surface area (Å²) in [5.41, 5.74) is 0.672. The molecule has 23 heavy (non-hydrogen) atoms. The maximum absolute atomic E-state index is 12.4. The molecule has 1 aliphatic heterocycles. The molecule has 0 saturated carbocycles. The molecule has 1 N–H and O–H groups in total. The first-order chi connectivity index (χ1) is 11.0. The van der Waals surface area contributed by atoms with E-state index in [2.05, 4.69) is 10.2 Å². The Bertz CT molecular complexity index is 552. The number of rotatable bonds is 5. The Morgan fingerprint density at radius 3 is 2.30 bits per heavy atom. The van der Waals surface area contributed by atoms with Gasteiger partial charge in [-0.3, -0.25) is 14.5 Å². The highest BCUT2D eigenvalue weighted by Crippen LogP contribution is 2.25. The fourth-order valence-electron chi connectivity index (χ4n) is 2.58. The van der Waals surface area contributed by atoms with Crippen molar-refractivity contribution < 1.29 is 9.59 Å². The number of likely N-dealkylation sites (N-methyl/N-ethyl adjacent to an activating group) is 1. The van der Waals surface area contributed by atoms with Gasteiger partial charge in [0.15, 0.2) is 0 Å². The SMILES string of the molecule is CCNC(=O)CN1CCN(C(=O)Cc2c(Cl)cccc2Cl)CC1. The molecule has 7 heteroatoms. The Kier molecular flexibility index (Phi) is 6.69. The fraction of sp³-hybridized carbons (Fsp3) is 0.500. The van der Waals surface area contributed by atoms with E-state index in [1.165, 1.54) is 0 Å². The van der Waals surface area contributed by atoms with E-state index >= 15 is 0 Å². The van der Waals surface area contributed by atoms with Crippen LogP contribution in [0, 0.1) is 0 Å². The van der Waals surface area contributed by atoms with Gasteiger partial charge >= 0.3 is 0 Å². The van der Waals surface area contributed by atoms with Crippen molar-refractivity contribution in [3.05, 3.63) is 33.8 Å². The minimum atomic E-state index is 0.0117. The average molecular weight is 358 g/mol. The molecule has 2 amide bonds. The van der Waals surface area contributed by atoms with Gasteiger partial charge in [0.05, 0.1) is 13.0 Å². The van der Waals surface area contributed by atoms with Crippen LogP contribution < -0.4 is 5.32 Å². The number of piperazine rings is 1. The van der Waals surface area contributed by atoms with E-state index in [-0.39, 0.29) is 18.2 Å². The topological polar surface area (TPSA) is 52.7 Å². The van der Waals surface area contributed by atoms with E-state index in [4.69, 9.17) is 23.2 Å². The highest BCUT2D eigenvalue weighted by Gasteiger charge is 2.23. The zero-order valence-electron chi connectivity index (χ0n) is 13.1. The summed E-state index contributed by atoms with van der Waals surface area (Å²) in [6.45, 7) is 5.52. The molecule has 0 aliphatic carbocycles. The second kappa shape index (κ2) is 8.52. The molecule has 0 spiro atoms. The van der Waals surface area contributed by atoms with Crippen molar-refractivity contribution in [1.29, 1.82) is 0 Å². The minimum Gasteiger partial charge on any atom is -0.355 e. The summed E-state index contributed by atoms with van der Waals surface area (Å²) in [4.78, 5) is 27.8. The number of benzene rings is 1. The number of carbonyl (C=O) groups excluding carboxylic acids is 2.